The third-order valence-corrected chi connectivity index (χ3v) is 3.83. The summed E-state index contributed by atoms with van der Waals surface area (Å²) >= 11 is 0. The second-order valence-corrected chi connectivity index (χ2v) is 4.75. The van der Waals surface area contributed by atoms with E-state index in [0.29, 0.717) is 5.92 Å². The van der Waals surface area contributed by atoms with Gasteiger partial charge in [0.25, 0.3) is 0 Å². The zero-order chi connectivity index (χ0) is 8.29. The number of carboxylic acids is 1. The SMILES string of the molecule is O=C(O)[C@@H]1C[C@@H]1[C@@H]1C[C@@H]1C1CC1. The summed E-state index contributed by atoms with van der Waals surface area (Å²) in [7, 11) is 0. The molecule has 0 heterocycles. The molecular formula is C10H14O2. The van der Waals surface area contributed by atoms with Gasteiger partial charge in [-0.1, -0.05) is 0 Å². The molecule has 0 amide bonds. The number of aliphatic carboxylic acids is 1. The molecule has 0 spiro atoms. The predicted octanol–water partition coefficient (Wildman–Crippen LogP) is 1.75. The molecule has 2 heteroatoms. The van der Waals surface area contributed by atoms with E-state index in [1.54, 1.807) is 0 Å². The molecule has 3 saturated carbocycles. The lowest BCUT2D eigenvalue weighted by Gasteiger charge is -1.93. The van der Waals surface area contributed by atoms with Gasteiger partial charge in [-0.3, -0.25) is 4.79 Å². The first-order valence-electron chi connectivity index (χ1n) is 5.00. The Labute approximate surface area is 72.0 Å². The lowest BCUT2D eigenvalue weighted by Crippen LogP contribution is -2.01. The Morgan fingerprint density at radius 1 is 1.08 bits per heavy atom. The lowest BCUT2D eigenvalue weighted by molar-refractivity contribution is -0.138. The minimum atomic E-state index is -0.554. The summed E-state index contributed by atoms with van der Waals surface area (Å²) in [5.74, 6) is 2.83. The van der Waals surface area contributed by atoms with Gasteiger partial charge in [-0.05, 0) is 49.4 Å². The van der Waals surface area contributed by atoms with Crippen molar-refractivity contribution in [1.82, 2.24) is 0 Å². The number of hydrogen-bond acceptors (Lipinski definition) is 1. The molecule has 0 aromatic rings. The second kappa shape index (κ2) is 2.04. The van der Waals surface area contributed by atoms with Crippen LogP contribution < -0.4 is 0 Å². The largest absolute Gasteiger partial charge is 0.481 e. The van der Waals surface area contributed by atoms with Crippen LogP contribution >= 0.6 is 0 Å². The van der Waals surface area contributed by atoms with Gasteiger partial charge in [0.2, 0.25) is 0 Å². The number of carbonyl (C=O) groups is 1. The molecule has 1 N–H and O–H groups in total. The van der Waals surface area contributed by atoms with E-state index in [-0.39, 0.29) is 5.92 Å². The summed E-state index contributed by atoms with van der Waals surface area (Å²) in [5.41, 5.74) is 0. The minimum Gasteiger partial charge on any atom is -0.481 e. The minimum absolute atomic E-state index is 0.0405. The first-order valence-corrected chi connectivity index (χ1v) is 5.00. The molecule has 2 nitrogen and oxygen atoms in total. The number of carboxylic acid groups (broad SMARTS) is 1. The Morgan fingerprint density at radius 3 is 2.33 bits per heavy atom. The Bertz CT molecular complexity index is 232. The van der Waals surface area contributed by atoms with Crippen molar-refractivity contribution in [2.45, 2.75) is 25.7 Å². The van der Waals surface area contributed by atoms with E-state index in [1.165, 1.54) is 19.3 Å². The van der Waals surface area contributed by atoms with Gasteiger partial charge in [-0.15, -0.1) is 0 Å². The molecule has 0 saturated heterocycles. The standard InChI is InChI=1S/C10H14O2/c11-10(12)9-4-8(9)7-3-6(7)5-1-2-5/h5-9H,1-4H2,(H,11,12)/t6-,7-,8-,9-/m1/s1. The van der Waals surface area contributed by atoms with E-state index >= 15 is 0 Å². The predicted molar refractivity (Wildman–Crippen MR) is 43.6 cm³/mol. The first kappa shape index (κ1) is 6.93. The molecule has 0 aliphatic heterocycles. The maximum atomic E-state index is 10.6. The molecule has 0 radical (unpaired) electrons. The van der Waals surface area contributed by atoms with Gasteiger partial charge in [-0.25, -0.2) is 0 Å². The van der Waals surface area contributed by atoms with Crippen LogP contribution in [0.2, 0.25) is 0 Å². The van der Waals surface area contributed by atoms with Crippen molar-refractivity contribution in [3.8, 4) is 0 Å². The van der Waals surface area contributed by atoms with Gasteiger partial charge in [-0.2, -0.15) is 0 Å². The van der Waals surface area contributed by atoms with Gasteiger partial charge in [0.15, 0.2) is 0 Å². The molecule has 0 unspecified atom stereocenters. The zero-order valence-corrected chi connectivity index (χ0v) is 7.07. The third kappa shape index (κ3) is 0.970. The highest BCUT2D eigenvalue weighted by atomic mass is 16.4. The van der Waals surface area contributed by atoms with Gasteiger partial charge in [0.05, 0.1) is 5.92 Å². The van der Waals surface area contributed by atoms with Gasteiger partial charge < -0.3 is 5.11 Å². The molecule has 3 aliphatic rings. The van der Waals surface area contributed by atoms with Crippen LogP contribution in [0.3, 0.4) is 0 Å². The summed E-state index contributed by atoms with van der Waals surface area (Å²) < 4.78 is 0. The maximum Gasteiger partial charge on any atom is 0.306 e. The van der Waals surface area contributed by atoms with Crippen LogP contribution in [0.5, 0.6) is 0 Å². The van der Waals surface area contributed by atoms with E-state index in [1.807, 2.05) is 0 Å². The molecule has 0 bridgehead atoms. The Kier molecular flexibility index (Phi) is 1.18. The van der Waals surface area contributed by atoms with E-state index in [4.69, 9.17) is 5.11 Å². The summed E-state index contributed by atoms with van der Waals surface area (Å²) in [6, 6.07) is 0. The highest BCUT2D eigenvalue weighted by Gasteiger charge is 2.59. The fourth-order valence-corrected chi connectivity index (χ4v) is 2.77. The van der Waals surface area contributed by atoms with Crippen molar-refractivity contribution < 1.29 is 9.90 Å². The molecular weight excluding hydrogens is 152 g/mol. The average Bonchev–Trinajstić information content (AvgIpc) is 2.87. The monoisotopic (exact) mass is 166 g/mol. The lowest BCUT2D eigenvalue weighted by atomic mass is 10.1. The second-order valence-electron chi connectivity index (χ2n) is 4.75. The number of hydrogen-bond donors (Lipinski definition) is 1. The summed E-state index contributed by atoms with van der Waals surface area (Å²) in [4.78, 5) is 10.6. The van der Waals surface area contributed by atoms with Crippen molar-refractivity contribution in [3.05, 3.63) is 0 Å². The quantitative estimate of drug-likeness (QED) is 0.693. The van der Waals surface area contributed by atoms with E-state index in [9.17, 15) is 4.79 Å². The van der Waals surface area contributed by atoms with E-state index in [0.717, 1.165) is 24.2 Å². The molecule has 12 heavy (non-hydrogen) atoms. The molecule has 3 fully saturated rings. The van der Waals surface area contributed by atoms with Crippen molar-refractivity contribution in [1.29, 1.82) is 0 Å². The summed E-state index contributed by atoms with van der Waals surface area (Å²) in [6.45, 7) is 0. The Hall–Kier alpha value is -0.530. The normalized spacial score (nSPS) is 50.3. The fraction of sp³-hybridized carbons (Fsp3) is 0.900. The van der Waals surface area contributed by atoms with Crippen LogP contribution in [0.15, 0.2) is 0 Å². The average molecular weight is 166 g/mol. The molecule has 3 rings (SSSR count). The van der Waals surface area contributed by atoms with Crippen LogP contribution in [0.4, 0.5) is 0 Å². The van der Waals surface area contributed by atoms with Crippen molar-refractivity contribution in [3.63, 3.8) is 0 Å². The van der Waals surface area contributed by atoms with Crippen LogP contribution in [-0.4, -0.2) is 11.1 Å². The molecule has 4 atom stereocenters. The van der Waals surface area contributed by atoms with Crippen LogP contribution in [-0.2, 0) is 4.79 Å². The van der Waals surface area contributed by atoms with Crippen LogP contribution in [0.25, 0.3) is 0 Å². The summed E-state index contributed by atoms with van der Waals surface area (Å²) in [5, 5.41) is 8.74. The topological polar surface area (TPSA) is 37.3 Å². The smallest absolute Gasteiger partial charge is 0.306 e. The van der Waals surface area contributed by atoms with Crippen LogP contribution in [0.1, 0.15) is 25.7 Å². The van der Waals surface area contributed by atoms with Crippen LogP contribution in [0, 0.1) is 29.6 Å². The Balaban J connectivity index is 1.55. The third-order valence-electron chi connectivity index (χ3n) is 3.83. The molecule has 66 valence electrons. The molecule has 0 aromatic carbocycles. The highest BCUT2D eigenvalue weighted by Crippen LogP contribution is 2.64. The highest BCUT2D eigenvalue weighted by molar-refractivity contribution is 5.73. The van der Waals surface area contributed by atoms with Gasteiger partial charge >= 0.3 is 5.97 Å². The Morgan fingerprint density at radius 2 is 1.83 bits per heavy atom. The zero-order valence-electron chi connectivity index (χ0n) is 7.07. The van der Waals surface area contributed by atoms with Gasteiger partial charge in [0.1, 0.15) is 0 Å². The number of rotatable bonds is 3. The van der Waals surface area contributed by atoms with Crippen molar-refractivity contribution >= 4 is 5.97 Å². The van der Waals surface area contributed by atoms with E-state index < -0.39 is 5.97 Å². The van der Waals surface area contributed by atoms with Crippen molar-refractivity contribution in [2.75, 3.05) is 0 Å². The van der Waals surface area contributed by atoms with Gasteiger partial charge in [0, 0.05) is 0 Å². The van der Waals surface area contributed by atoms with Crippen molar-refractivity contribution in [2.24, 2.45) is 29.6 Å². The fourth-order valence-electron chi connectivity index (χ4n) is 2.77. The first-order chi connectivity index (χ1) is 5.77. The molecule has 3 aliphatic carbocycles. The van der Waals surface area contributed by atoms with E-state index in [2.05, 4.69) is 0 Å². The maximum absolute atomic E-state index is 10.6. The molecule has 0 aromatic heterocycles. The summed E-state index contributed by atoms with van der Waals surface area (Å²) in [6.07, 6.45) is 5.17.